The van der Waals surface area contributed by atoms with Gasteiger partial charge in [0.2, 0.25) is 5.91 Å². The first kappa shape index (κ1) is 12.2. The number of piperidine rings is 3. The van der Waals surface area contributed by atoms with Crippen molar-refractivity contribution < 1.29 is 4.79 Å². The average Bonchev–Trinajstić information content (AvgIpc) is 2.38. The summed E-state index contributed by atoms with van der Waals surface area (Å²) in [5.41, 5.74) is 0. The third-order valence-electron chi connectivity index (χ3n) is 4.90. The van der Waals surface area contributed by atoms with Crippen molar-refractivity contribution in [1.82, 2.24) is 9.80 Å². The second kappa shape index (κ2) is 5.04. The van der Waals surface area contributed by atoms with E-state index >= 15 is 0 Å². The lowest BCUT2D eigenvalue weighted by Crippen LogP contribution is -2.60. The summed E-state index contributed by atoms with van der Waals surface area (Å²) in [4.78, 5) is 16.8. The standard InChI is InChI=1S/C15H24N2O/c1-2-3-7-16-9-12-8-13(11-16)14-5-4-6-15(18)17(14)10-12/h2,12-14H,1,3-11H2/t12-,13-,14+/m0/s1. The van der Waals surface area contributed by atoms with E-state index in [1.807, 2.05) is 6.08 Å². The van der Waals surface area contributed by atoms with Crippen LogP contribution in [-0.2, 0) is 4.79 Å². The minimum atomic E-state index is 0.417. The summed E-state index contributed by atoms with van der Waals surface area (Å²) >= 11 is 0. The van der Waals surface area contributed by atoms with Crippen LogP contribution in [0.5, 0.6) is 0 Å². The number of nitrogens with zero attached hydrogens (tertiary/aromatic N) is 2. The van der Waals surface area contributed by atoms with Crippen molar-refractivity contribution in [3.8, 4) is 0 Å². The number of hydrogen-bond donors (Lipinski definition) is 0. The van der Waals surface area contributed by atoms with Crippen molar-refractivity contribution in [3.05, 3.63) is 12.7 Å². The van der Waals surface area contributed by atoms with Crippen LogP contribution >= 0.6 is 0 Å². The molecule has 3 saturated heterocycles. The Hall–Kier alpha value is -0.830. The van der Waals surface area contributed by atoms with Crippen molar-refractivity contribution in [1.29, 1.82) is 0 Å². The highest BCUT2D eigenvalue weighted by molar-refractivity contribution is 5.77. The van der Waals surface area contributed by atoms with Gasteiger partial charge in [0.25, 0.3) is 0 Å². The van der Waals surface area contributed by atoms with Crippen molar-refractivity contribution in [2.75, 3.05) is 26.2 Å². The van der Waals surface area contributed by atoms with Gasteiger partial charge in [-0.25, -0.2) is 0 Å². The van der Waals surface area contributed by atoms with Crippen LogP contribution in [0.25, 0.3) is 0 Å². The van der Waals surface area contributed by atoms with Crippen molar-refractivity contribution >= 4 is 5.91 Å². The summed E-state index contributed by atoms with van der Waals surface area (Å²) in [5, 5.41) is 0. The predicted molar refractivity (Wildman–Crippen MR) is 72.2 cm³/mol. The molecule has 0 aromatic heterocycles. The summed E-state index contributed by atoms with van der Waals surface area (Å²) in [6.45, 7) is 8.36. The van der Waals surface area contributed by atoms with E-state index in [1.165, 1.54) is 25.9 Å². The molecule has 3 rings (SSSR count). The molecule has 0 saturated carbocycles. The molecular weight excluding hydrogens is 224 g/mol. The second-order valence-electron chi connectivity index (χ2n) is 6.20. The SMILES string of the molecule is C=CCCN1C[C@@H]2C[C@@H](C1)[C@H]1CCCC(=O)N1C2. The van der Waals surface area contributed by atoms with Crippen LogP contribution in [0, 0.1) is 11.8 Å². The fraction of sp³-hybridized carbons (Fsp3) is 0.800. The van der Waals surface area contributed by atoms with E-state index in [1.54, 1.807) is 0 Å². The molecule has 0 radical (unpaired) electrons. The Morgan fingerprint density at radius 2 is 2.22 bits per heavy atom. The molecule has 0 spiro atoms. The van der Waals surface area contributed by atoms with E-state index in [0.29, 0.717) is 17.9 Å². The monoisotopic (exact) mass is 248 g/mol. The van der Waals surface area contributed by atoms with Crippen LogP contribution in [0.15, 0.2) is 12.7 Å². The fourth-order valence-electron chi connectivity index (χ4n) is 4.17. The maximum atomic E-state index is 12.0. The van der Waals surface area contributed by atoms with Gasteiger partial charge in [0.15, 0.2) is 0 Å². The second-order valence-corrected chi connectivity index (χ2v) is 6.20. The molecule has 3 heteroatoms. The van der Waals surface area contributed by atoms with E-state index in [9.17, 15) is 4.79 Å². The van der Waals surface area contributed by atoms with E-state index < -0.39 is 0 Å². The summed E-state index contributed by atoms with van der Waals surface area (Å²) in [5.74, 6) is 1.86. The van der Waals surface area contributed by atoms with Gasteiger partial charge in [-0.1, -0.05) is 6.08 Å². The van der Waals surface area contributed by atoms with Crippen molar-refractivity contribution in [2.24, 2.45) is 11.8 Å². The normalized spacial score (nSPS) is 36.3. The number of fused-ring (bicyclic) bond motifs is 4. The molecule has 0 unspecified atom stereocenters. The van der Waals surface area contributed by atoms with E-state index in [0.717, 1.165) is 38.3 Å². The first-order chi connectivity index (χ1) is 8.78. The Labute approximate surface area is 110 Å². The Morgan fingerprint density at radius 1 is 1.33 bits per heavy atom. The Balaban J connectivity index is 1.68. The molecule has 0 aromatic carbocycles. The van der Waals surface area contributed by atoms with Crippen LogP contribution in [-0.4, -0.2) is 47.9 Å². The van der Waals surface area contributed by atoms with Gasteiger partial charge in [0.1, 0.15) is 0 Å². The van der Waals surface area contributed by atoms with E-state index in [2.05, 4.69) is 16.4 Å². The molecule has 3 nitrogen and oxygen atoms in total. The molecule has 1 amide bonds. The Bertz CT molecular complexity index is 341. The third-order valence-corrected chi connectivity index (χ3v) is 4.90. The Morgan fingerprint density at radius 3 is 3.06 bits per heavy atom. The number of likely N-dealkylation sites (tertiary alicyclic amines) is 1. The number of carbonyl (C=O) groups is 1. The molecule has 0 N–H and O–H groups in total. The number of hydrogen-bond acceptors (Lipinski definition) is 2. The summed E-state index contributed by atoms with van der Waals surface area (Å²) < 4.78 is 0. The molecule has 0 aromatic rings. The van der Waals surface area contributed by atoms with Gasteiger partial charge >= 0.3 is 0 Å². The van der Waals surface area contributed by atoms with Gasteiger partial charge in [-0.05, 0) is 37.5 Å². The van der Waals surface area contributed by atoms with Gasteiger partial charge in [-0.15, -0.1) is 6.58 Å². The largest absolute Gasteiger partial charge is 0.339 e. The first-order valence-corrected chi connectivity index (χ1v) is 7.40. The molecule has 0 aliphatic carbocycles. The van der Waals surface area contributed by atoms with E-state index in [4.69, 9.17) is 0 Å². The number of carbonyl (C=O) groups excluding carboxylic acids is 1. The zero-order valence-corrected chi connectivity index (χ0v) is 11.2. The fourth-order valence-corrected chi connectivity index (χ4v) is 4.17. The zero-order valence-electron chi connectivity index (χ0n) is 11.2. The van der Waals surface area contributed by atoms with Crippen molar-refractivity contribution in [3.63, 3.8) is 0 Å². The van der Waals surface area contributed by atoms with Crippen LogP contribution in [0.3, 0.4) is 0 Å². The lowest BCUT2D eigenvalue weighted by atomic mass is 9.76. The summed E-state index contributed by atoms with van der Waals surface area (Å²) in [6, 6.07) is 0.550. The molecule has 3 aliphatic rings. The highest BCUT2D eigenvalue weighted by Crippen LogP contribution is 2.37. The number of amides is 1. The molecule has 18 heavy (non-hydrogen) atoms. The zero-order chi connectivity index (χ0) is 12.5. The number of rotatable bonds is 3. The maximum Gasteiger partial charge on any atom is 0.222 e. The van der Waals surface area contributed by atoms with Crippen LogP contribution in [0.4, 0.5) is 0 Å². The molecule has 2 bridgehead atoms. The molecule has 100 valence electrons. The Kier molecular flexibility index (Phi) is 3.42. The minimum absolute atomic E-state index is 0.417. The maximum absolute atomic E-state index is 12.0. The van der Waals surface area contributed by atoms with Gasteiger partial charge in [0, 0.05) is 38.6 Å². The van der Waals surface area contributed by atoms with Gasteiger partial charge in [-0.2, -0.15) is 0 Å². The van der Waals surface area contributed by atoms with Crippen molar-refractivity contribution in [2.45, 2.75) is 38.1 Å². The quantitative estimate of drug-likeness (QED) is 0.712. The highest BCUT2D eigenvalue weighted by Gasteiger charge is 2.43. The predicted octanol–water partition coefficient (Wildman–Crippen LogP) is 1.90. The lowest BCUT2D eigenvalue weighted by molar-refractivity contribution is -0.144. The van der Waals surface area contributed by atoms with Crippen LogP contribution < -0.4 is 0 Å². The summed E-state index contributed by atoms with van der Waals surface area (Å²) in [7, 11) is 0. The van der Waals surface area contributed by atoms with Gasteiger partial charge < -0.3 is 9.80 Å². The molecular formula is C15H24N2O. The van der Waals surface area contributed by atoms with Crippen LogP contribution in [0.1, 0.15) is 32.1 Å². The minimum Gasteiger partial charge on any atom is -0.339 e. The molecule has 3 aliphatic heterocycles. The lowest BCUT2D eigenvalue weighted by Gasteiger charge is -2.52. The molecule has 3 fully saturated rings. The smallest absolute Gasteiger partial charge is 0.222 e. The molecule has 3 atom stereocenters. The first-order valence-electron chi connectivity index (χ1n) is 7.40. The third kappa shape index (κ3) is 2.20. The highest BCUT2D eigenvalue weighted by atomic mass is 16.2. The topological polar surface area (TPSA) is 23.6 Å². The van der Waals surface area contributed by atoms with Gasteiger partial charge in [-0.3, -0.25) is 4.79 Å². The van der Waals surface area contributed by atoms with Crippen LogP contribution in [0.2, 0.25) is 0 Å². The summed E-state index contributed by atoms with van der Waals surface area (Å²) in [6.07, 6.45) is 7.58. The van der Waals surface area contributed by atoms with Gasteiger partial charge in [0.05, 0.1) is 0 Å². The molecule has 3 heterocycles. The van der Waals surface area contributed by atoms with E-state index in [-0.39, 0.29) is 0 Å². The average molecular weight is 248 g/mol.